The van der Waals surface area contributed by atoms with Gasteiger partial charge >= 0.3 is 0 Å². The smallest absolute Gasteiger partial charge is 0.0962 e. The summed E-state index contributed by atoms with van der Waals surface area (Å²) in [4.78, 5) is 0. The lowest BCUT2D eigenvalue weighted by atomic mass is 9.85. The van der Waals surface area contributed by atoms with E-state index >= 15 is 0 Å². The van der Waals surface area contributed by atoms with E-state index in [0.29, 0.717) is 6.54 Å². The van der Waals surface area contributed by atoms with Crippen molar-refractivity contribution in [2.45, 2.75) is 38.0 Å². The molecule has 1 aliphatic heterocycles. The molecule has 0 radical (unpaired) electrons. The topological polar surface area (TPSA) is 58.3 Å². The maximum Gasteiger partial charge on any atom is 0.0962 e. The molecule has 2 rings (SSSR count). The van der Waals surface area contributed by atoms with Crippen molar-refractivity contribution in [2.75, 3.05) is 6.54 Å². The largest absolute Gasteiger partial charge is 0.387 e. The standard InChI is InChI=1S/C13H20N2O/c1-2-7-13(16,9-14)12-11-6-4-3-5-10(11)8-15-12/h3-6,12,15-16H,2,7-9,14H2,1H3. The lowest BCUT2D eigenvalue weighted by molar-refractivity contribution is 0.00339. The van der Waals surface area contributed by atoms with Crippen molar-refractivity contribution in [3.05, 3.63) is 35.4 Å². The van der Waals surface area contributed by atoms with Crippen LogP contribution in [0.15, 0.2) is 24.3 Å². The van der Waals surface area contributed by atoms with Crippen LogP contribution >= 0.6 is 0 Å². The van der Waals surface area contributed by atoms with Crippen molar-refractivity contribution in [1.82, 2.24) is 5.32 Å². The van der Waals surface area contributed by atoms with Gasteiger partial charge < -0.3 is 16.2 Å². The van der Waals surface area contributed by atoms with Gasteiger partial charge in [-0.05, 0) is 17.5 Å². The third-order valence-electron chi connectivity index (χ3n) is 3.44. The number of rotatable bonds is 4. The van der Waals surface area contributed by atoms with Gasteiger partial charge in [0.15, 0.2) is 0 Å². The van der Waals surface area contributed by atoms with Gasteiger partial charge in [0.2, 0.25) is 0 Å². The van der Waals surface area contributed by atoms with Crippen molar-refractivity contribution in [3.8, 4) is 0 Å². The minimum atomic E-state index is -0.818. The van der Waals surface area contributed by atoms with E-state index in [1.54, 1.807) is 0 Å². The normalized spacial score (nSPS) is 22.8. The van der Waals surface area contributed by atoms with Crippen molar-refractivity contribution in [1.29, 1.82) is 0 Å². The lowest BCUT2D eigenvalue weighted by Gasteiger charge is -2.33. The minimum Gasteiger partial charge on any atom is -0.387 e. The first kappa shape index (κ1) is 11.6. The first-order valence-electron chi connectivity index (χ1n) is 5.95. The fraction of sp³-hybridized carbons (Fsp3) is 0.538. The number of nitrogens with two attached hydrogens (primary N) is 1. The Balaban J connectivity index is 2.29. The van der Waals surface area contributed by atoms with Gasteiger partial charge in [0.05, 0.1) is 11.6 Å². The summed E-state index contributed by atoms with van der Waals surface area (Å²) < 4.78 is 0. The highest BCUT2D eigenvalue weighted by Crippen LogP contribution is 2.35. The van der Waals surface area contributed by atoms with Crippen molar-refractivity contribution in [2.24, 2.45) is 5.73 Å². The Labute approximate surface area is 96.7 Å². The first-order chi connectivity index (χ1) is 7.71. The lowest BCUT2D eigenvalue weighted by Crippen LogP contribution is -2.47. The third-order valence-corrected chi connectivity index (χ3v) is 3.44. The van der Waals surface area contributed by atoms with Crippen LogP contribution in [0.25, 0.3) is 0 Å². The zero-order valence-electron chi connectivity index (χ0n) is 9.74. The zero-order valence-corrected chi connectivity index (χ0v) is 9.74. The van der Waals surface area contributed by atoms with E-state index in [1.165, 1.54) is 11.1 Å². The Bertz CT molecular complexity index is 367. The molecule has 3 heteroatoms. The van der Waals surface area contributed by atoms with Crippen LogP contribution in [0.2, 0.25) is 0 Å². The van der Waals surface area contributed by atoms with Gasteiger partial charge in [-0.1, -0.05) is 37.6 Å². The summed E-state index contributed by atoms with van der Waals surface area (Å²) in [6, 6.07) is 8.21. The molecule has 0 amide bonds. The fourth-order valence-electron chi connectivity index (χ4n) is 2.58. The van der Waals surface area contributed by atoms with E-state index in [-0.39, 0.29) is 6.04 Å². The number of hydrogen-bond donors (Lipinski definition) is 3. The van der Waals surface area contributed by atoms with E-state index in [0.717, 1.165) is 19.4 Å². The number of nitrogens with one attached hydrogen (secondary N) is 1. The van der Waals surface area contributed by atoms with Crippen LogP contribution in [-0.4, -0.2) is 17.3 Å². The molecule has 2 atom stereocenters. The highest BCUT2D eigenvalue weighted by Gasteiger charge is 2.39. The highest BCUT2D eigenvalue weighted by molar-refractivity contribution is 5.36. The van der Waals surface area contributed by atoms with Crippen LogP contribution in [0, 0.1) is 0 Å². The molecule has 4 N–H and O–H groups in total. The SMILES string of the molecule is CCCC(O)(CN)C1NCc2ccccc21. The van der Waals surface area contributed by atoms with Gasteiger partial charge in [0, 0.05) is 13.1 Å². The molecule has 1 aromatic carbocycles. The average Bonchev–Trinajstić information content (AvgIpc) is 2.73. The molecule has 0 fully saturated rings. The summed E-state index contributed by atoms with van der Waals surface area (Å²) in [7, 11) is 0. The van der Waals surface area contributed by atoms with Crippen LogP contribution in [-0.2, 0) is 6.54 Å². The second-order valence-electron chi connectivity index (χ2n) is 4.57. The predicted octanol–water partition coefficient (Wildman–Crippen LogP) is 1.32. The monoisotopic (exact) mass is 220 g/mol. The quantitative estimate of drug-likeness (QED) is 0.717. The van der Waals surface area contributed by atoms with Gasteiger partial charge in [-0.3, -0.25) is 0 Å². The molecule has 88 valence electrons. The number of aliphatic hydroxyl groups is 1. The molecule has 3 nitrogen and oxygen atoms in total. The predicted molar refractivity (Wildman–Crippen MR) is 64.9 cm³/mol. The van der Waals surface area contributed by atoms with E-state index in [1.807, 2.05) is 12.1 Å². The Kier molecular flexibility index (Phi) is 3.28. The van der Waals surface area contributed by atoms with Gasteiger partial charge in [-0.2, -0.15) is 0 Å². The molecule has 16 heavy (non-hydrogen) atoms. The summed E-state index contributed by atoms with van der Waals surface area (Å²) in [6.45, 7) is 3.20. The molecule has 0 aromatic heterocycles. The molecule has 0 spiro atoms. The van der Waals surface area contributed by atoms with E-state index < -0.39 is 5.60 Å². The summed E-state index contributed by atoms with van der Waals surface area (Å²) in [5.74, 6) is 0. The highest BCUT2D eigenvalue weighted by atomic mass is 16.3. The second-order valence-corrected chi connectivity index (χ2v) is 4.57. The number of benzene rings is 1. The molecule has 1 aromatic rings. The minimum absolute atomic E-state index is 0.0198. The molecule has 0 saturated carbocycles. The molecule has 0 saturated heterocycles. The Morgan fingerprint density at radius 3 is 2.94 bits per heavy atom. The number of hydrogen-bond acceptors (Lipinski definition) is 3. The first-order valence-corrected chi connectivity index (χ1v) is 5.95. The molecular formula is C13H20N2O. The van der Waals surface area contributed by atoms with E-state index in [4.69, 9.17) is 5.73 Å². The molecular weight excluding hydrogens is 200 g/mol. The van der Waals surface area contributed by atoms with Gasteiger partial charge in [-0.15, -0.1) is 0 Å². The Hall–Kier alpha value is -0.900. The van der Waals surface area contributed by atoms with Crippen LogP contribution < -0.4 is 11.1 Å². The van der Waals surface area contributed by atoms with Crippen molar-refractivity contribution < 1.29 is 5.11 Å². The van der Waals surface area contributed by atoms with Gasteiger partial charge in [0.25, 0.3) is 0 Å². The zero-order chi connectivity index (χ0) is 11.6. The maximum absolute atomic E-state index is 10.6. The van der Waals surface area contributed by atoms with Crippen LogP contribution in [0.4, 0.5) is 0 Å². The van der Waals surface area contributed by atoms with Gasteiger partial charge in [-0.25, -0.2) is 0 Å². The average molecular weight is 220 g/mol. The Morgan fingerprint density at radius 1 is 1.50 bits per heavy atom. The van der Waals surface area contributed by atoms with Crippen molar-refractivity contribution in [3.63, 3.8) is 0 Å². The Morgan fingerprint density at radius 2 is 2.25 bits per heavy atom. The summed E-state index contributed by atoms with van der Waals surface area (Å²) in [6.07, 6.45) is 1.67. The van der Waals surface area contributed by atoms with E-state index in [2.05, 4.69) is 24.4 Å². The summed E-state index contributed by atoms with van der Waals surface area (Å²) >= 11 is 0. The maximum atomic E-state index is 10.6. The molecule has 0 bridgehead atoms. The number of fused-ring (bicyclic) bond motifs is 1. The van der Waals surface area contributed by atoms with Crippen LogP contribution in [0.3, 0.4) is 0 Å². The second kappa shape index (κ2) is 4.53. The van der Waals surface area contributed by atoms with Gasteiger partial charge in [0.1, 0.15) is 0 Å². The molecule has 1 heterocycles. The third kappa shape index (κ3) is 1.86. The molecule has 1 aliphatic rings. The van der Waals surface area contributed by atoms with Crippen molar-refractivity contribution >= 4 is 0 Å². The molecule has 0 aliphatic carbocycles. The van der Waals surface area contributed by atoms with Crippen LogP contribution in [0.5, 0.6) is 0 Å². The summed E-state index contributed by atoms with van der Waals surface area (Å²) in [5.41, 5.74) is 7.39. The van der Waals surface area contributed by atoms with E-state index in [9.17, 15) is 5.11 Å². The molecule has 2 unspecified atom stereocenters. The van der Waals surface area contributed by atoms with Crippen LogP contribution in [0.1, 0.15) is 36.9 Å². The fourth-order valence-corrected chi connectivity index (χ4v) is 2.58. The summed E-state index contributed by atoms with van der Waals surface area (Å²) in [5, 5.41) is 13.9.